The van der Waals surface area contributed by atoms with Gasteiger partial charge in [-0.05, 0) is 44.0 Å². The molecule has 5 heteroatoms. The third-order valence-corrected chi connectivity index (χ3v) is 4.44. The van der Waals surface area contributed by atoms with Crippen LogP contribution in [-0.2, 0) is 0 Å². The Kier molecular flexibility index (Phi) is 8.08. The van der Waals surface area contributed by atoms with E-state index in [2.05, 4.69) is 20.4 Å². The van der Waals surface area contributed by atoms with Crippen molar-refractivity contribution in [3.63, 3.8) is 0 Å². The average Bonchev–Trinajstić information content (AvgIpc) is 2.72. The number of hydrogen-bond acceptors (Lipinski definition) is 4. The number of rotatable bonds is 10. The molecule has 0 radical (unpaired) electrons. The quantitative estimate of drug-likeness (QED) is 0.485. The van der Waals surface area contributed by atoms with Crippen molar-refractivity contribution in [2.75, 3.05) is 24.7 Å². The van der Waals surface area contributed by atoms with Crippen LogP contribution in [0.15, 0.2) is 60.8 Å². The summed E-state index contributed by atoms with van der Waals surface area (Å²) in [5.74, 6) is 7.04. The standard InChI is InChI=1S/C23H31N3O2/c1-5-15-25(16-6-2)23(27)21-9-7-8-10-22(21)26(24)19(4)17-28-20-13-11-18(3)12-14-20/h7-14H,4-6,15-17,24H2,1-3H3. The lowest BCUT2D eigenvalue weighted by Gasteiger charge is -2.27. The Morgan fingerprint density at radius 3 is 2.25 bits per heavy atom. The molecule has 0 aliphatic heterocycles. The van der Waals surface area contributed by atoms with Gasteiger partial charge in [-0.3, -0.25) is 9.80 Å². The molecule has 28 heavy (non-hydrogen) atoms. The minimum atomic E-state index is -0.0120. The molecular weight excluding hydrogens is 350 g/mol. The molecule has 2 aromatic carbocycles. The molecule has 1 amide bonds. The monoisotopic (exact) mass is 381 g/mol. The zero-order chi connectivity index (χ0) is 20.5. The first kappa shape index (κ1) is 21.5. The van der Waals surface area contributed by atoms with Gasteiger partial charge in [0.15, 0.2) is 0 Å². The Hall–Kier alpha value is -2.79. The molecule has 5 nitrogen and oxygen atoms in total. The third-order valence-electron chi connectivity index (χ3n) is 4.44. The number of carbonyl (C=O) groups is 1. The summed E-state index contributed by atoms with van der Waals surface area (Å²) in [5.41, 5.74) is 2.94. The Labute approximate surface area is 168 Å². The average molecular weight is 382 g/mol. The molecule has 0 aliphatic rings. The first-order chi connectivity index (χ1) is 13.5. The van der Waals surface area contributed by atoms with E-state index in [1.165, 1.54) is 10.6 Å². The van der Waals surface area contributed by atoms with Crippen LogP contribution in [0.4, 0.5) is 5.69 Å². The molecule has 0 saturated carbocycles. The van der Waals surface area contributed by atoms with Crippen LogP contribution < -0.4 is 15.6 Å². The summed E-state index contributed by atoms with van der Waals surface area (Å²) < 4.78 is 5.77. The second kappa shape index (κ2) is 10.5. The van der Waals surface area contributed by atoms with Crippen LogP contribution in [0, 0.1) is 6.92 Å². The maximum atomic E-state index is 13.1. The van der Waals surface area contributed by atoms with E-state index in [0.29, 0.717) is 16.9 Å². The van der Waals surface area contributed by atoms with Crippen molar-refractivity contribution in [2.24, 2.45) is 5.84 Å². The van der Waals surface area contributed by atoms with Crippen LogP contribution >= 0.6 is 0 Å². The normalized spacial score (nSPS) is 10.4. The van der Waals surface area contributed by atoms with Crippen LogP contribution in [0.25, 0.3) is 0 Å². The number of amides is 1. The fourth-order valence-corrected chi connectivity index (χ4v) is 2.93. The highest BCUT2D eigenvalue weighted by Crippen LogP contribution is 2.23. The SMILES string of the molecule is C=C(COc1ccc(C)cc1)N(N)c1ccccc1C(=O)N(CCC)CCC. The maximum absolute atomic E-state index is 13.1. The number of carbonyl (C=O) groups excluding carboxylic acids is 1. The molecule has 0 spiro atoms. The molecule has 0 saturated heterocycles. The summed E-state index contributed by atoms with van der Waals surface area (Å²) in [4.78, 5) is 14.9. The van der Waals surface area contributed by atoms with Crippen molar-refractivity contribution in [1.82, 2.24) is 4.90 Å². The molecule has 2 aromatic rings. The molecule has 2 N–H and O–H groups in total. The van der Waals surface area contributed by atoms with E-state index in [9.17, 15) is 4.79 Å². The zero-order valence-corrected chi connectivity index (χ0v) is 17.1. The van der Waals surface area contributed by atoms with Crippen LogP contribution in [0.1, 0.15) is 42.6 Å². The highest BCUT2D eigenvalue weighted by atomic mass is 16.5. The van der Waals surface area contributed by atoms with Gasteiger partial charge < -0.3 is 9.64 Å². The van der Waals surface area contributed by atoms with Gasteiger partial charge >= 0.3 is 0 Å². The predicted octanol–water partition coefficient (Wildman–Crippen LogP) is 4.53. The van der Waals surface area contributed by atoms with Crippen molar-refractivity contribution < 1.29 is 9.53 Å². The number of ether oxygens (including phenoxy) is 1. The molecule has 150 valence electrons. The summed E-state index contributed by atoms with van der Waals surface area (Å²) >= 11 is 0. The molecule has 0 fully saturated rings. The Bertz CT molecular complexity index is 781. The van der Waals surface area contributed by atoms with Crippen molar-refractivity contribution >= 4 is 11.6 Å². The predicted molar refractivity (Wildman–Crippen MR) is 115 cm³/mol. The van der Waals surface area contributed by atoms with Crippen LogP contribution in [0.5, 0.6) is 5.75 Å². The summed E-state index contributed by atoms with van der Waals surface area (Å²) in [6, 6.07) is 15.2. The first-order valence-electron chi connectivity index (χ1n) is 9.78. The summed E-state index contributed by atoms with van der Waals surface area (Å²) in [5, 5.41) is 1.44. The number of aryl methyl sites for hydroxylation is 1. The van der Waals surface area contributed by atoms with E-state index in [1.54, 1.807) is 0 Å². The number of hydrazine groups is 1. The van der Waals surface area contributed by atoms with E-state index < -0.39 is 0 Å². The Morgan fingerprint density at radius 2 is 1.64 bits per heavy atom. The maximum Gasteiger partial charge on any atom is 0.256 e. The van der Waals surface area contributed by atoms with E-state index in [0.717, 1.165) is 31.7 Å². The highest BCUT2D eigenvalue weighted by molar-refractivity contribution is 6.00. The smallest absolute Gasteiger partial charge is 0.256 e. The topological polar surface area (TPSA) is 58.8 Å². The molecule has 0 heterocycles. The Balaban J connectivity index is 2.14. The summed E-state index contributed by atoms with van der Waals surface area (Å²) in [7, 11) is 0. The number of nitrogens with two attached hydrogens (primary N) is 1. The van der Waals surface area contributed by atoms with Gasteiger partial charge in [-0.25, -0.2) is 5.84 Å². The molecule has 2 rings (SSSR count). The molecule has 0 aliphatic carbocycles. The van der Waals surface area contributed by atoms with Crippen molar-refractivity contribution in [3.05, 3.63) is 71.9 Å². The molecule has 0 bridgehead atoms. The van der Waals surface area contributed by atoms with E-state index in [-0.39, 0.29) is 12.5 Å². The highest BCUT2D eigenvalue weighted by Gasteiger charge is 2.20. The van der Waals surface area contributed by atoms with Crippen LogP contribution in [0.2, 0.25) is 0 Å². The first-order valence-corrected chi connectivity index (χ1v) is 9.78. The van der Waals surface area contributed by atoms with Crippen molar-refractivity contribution in [3.8, 4) is 5.75 Å². The number of para-hydroxylation sites is 1. The van der Waals surface area contributed by atoms with Gasteiger partial charge in [0.2, 0.25) is 0 Å². The number of benzene rings is 2. The van der Waals surface area contributed by atoms with Crippen molar-refractivity contribution in [2.45, 2.75) is 33.6 Å². The molecule has 0 atom stereocenters. The van der Waals surface area contributed by atoms with Crippen LogP contribution in [-0.4, -0.2) is 30.5 Å². The minimum Gasteiger partial charge on any atom is -0.487 e. The number of nitrogens with zero attached hydrogens (tertiary/aromatic N) is 2. The zero-order valence-electron chi connectivity index (χ0n) is 17.1. The third kappa shape index (κ3) is 5.60. The lowest BCUT2D eigenvalue weighted by molar-refractivity contribution is 0.0756. The van der Waals surface area contributed by atoms with Gasteiger partial charge in [-0.1, -0.05) is 50.3 Å². The van der Waals surface area contributed by atoms with Gasteiger partial charge in [-0.2, -0.15) is 0 Å². The molecule has 0 aromatic heterocycles. The Morgan fingerprint density at radius 1 is 1.04 bits per heavy atom. The molecular formula is C23H31N3O2. The van der Waals surface area contributed by atoms with Gasteiger partial charge in [0, 0.05) is 13.1 Å². The van der Waals surface area contributed by atoms with Gasteiger partial charge in [0.25, 0.3) is 5.91 Å². The molecule has 0 unspecified atom stereocenters. The lowest BCUT2D eigenvalue weighted by Crippen LogP contribution is -2.37. The number of anilines is 1. The fraction of sp³-hybridized carbons (Fsp3) is 0.348. The van der Waals surface area contributed by atoms with E-state index >= 15 is 0 Å². The van der Waals surface area contributed by atoms with Gasteiger partial charge in [0.05, 0.1) is 16.9 Å². The van der Waals surface area contributed by atoms with Crippen molar-refractivity contribution in [1.29, 1.82) is 0 Å². The van der Waals surface area contributed by atoms with E-state index in [1.807, 2.05) is 60.4 Å². The fourth-order valence-electron chi connectivity index (χ4n) is 2.93. The lowest BCUT2D eigenvalue weighted by atomic mass is 10.1. The van der Waals surface area contributed by atoms with Gasteiger partial charge in [0.1, 0.15) is 12.4 Å². The number of hydrogen-bond donors (Lipinski definition) is 1. The van der Waals surface area contributed by atoms with E-state index in [4.69, 9.17) is 10.6 Å². The minimum absolute atomic E-state index is 0.0120. The van der Waals surface area contributed by atoms with Gasteiger partial charge in [-0.15, -0.1) is 0 Å². The second-order valence-electron chi connectivity index (χ2n) is 6.85. The largest absolute Gasteiger partial charge is 0.487 e. The summed E-state index contributed by atoms with van der Waals surface area (Å²) in [6.45, 7) is 11.9. The van der Waals surface area contributed by atoms with Crippen LogP contribution in [0.3, 0.4) is 0 Å². The second-order valence-corrected chi connectivity index (χ2v) is 6.85. The summed E-state index contributed by atoms with van der Waals surface area (Å²) in [6.07, 6.45) is 1.83.